The van der Waals surface area contributed by atoms with E-state index in [0.717, 1.165) is 36.5 Å². The Morgan fingerprint density at radius 3 is 2.51 bits per heavy atom. The second-order valence-electron chi connectivity index (χ2n) is 9.46. The first-order valence-corrected chi connectivity index (χ1v) is 14.1. The van der Waals surface area contributed by atoms with Crippen LogP contribution < -0.4 is 20.9 Å². The number of nitrogens with one attached hydrogen (secondary N) is 1. The summed E-state index contributed by atoms with van der Waals surface area (Å²) in [6.45, 7) is 0.357. The fourth-order valence-electron chi connectivity index (χ4n) is 4.15. The lowest BCUT2D eigenvalue weighted by atomic mass is 10.1. The first-order valence-electron chi connectivity index (χ1n) is 12.6. The predicted molar refractivity (Wildman–Crippen MR) is 153 cm³/mol. The molecule has 18 heteroatoms. The number of amidine groups is 1. The number of carboxylic acid groups (broad SMARTS) is 1. The number of benzene rings is 2. The summed E-state index contributed by atoms with van der Waals surface area (Å²) in [6, 6.07) is 7.00. The fraction of sp³-hybridized carbons (Fsp3) is 0.111. The van der Waals surface area contributed by atoms with Crippen LogP contribution in [0.2, 0.25) is 0 Å². The van der Waals surface area contributed by atoms with Crippen LogP contribution in [0.5, 0.6) is 28.9 Å². The Balaban J connectivity index is 1.55. The van der Waals surface area contributed by atoms with E-state index in [-0.39, 0.29) is 33.4 Å². The summed E-state index contributed by atoms with van der Waals surface area (Å²) < 4.78 is 68.3. The number of phenolic OH excluding ortho intramolecular Hbond substituents is 1. The molecule has 0 radical (unpaired) electrons. The number of aliphatic imine (C=N–C) groups is 1. The number of sulfone groups is 1. The lowest BCUT2D eigenvalue weighted by Gasteiger charge is -2.22. The Bertz CT molecular complexity index is 2010. The molecular weight excluding hydrogens is 618 g/mol. The molecule has 5 rings (SSSR count). The quantitative estimate of drug-likeness (QED) is 0.101. The molecule has 1 aliphatic rings. The smallest absolute Gasteiger partial charge is 0.341 e. The number of aromatic nitrogens is 3. The van der Waals surface area contributed by atoms with Gasteiger partial charge in [0.15, 0.2) is 17.3 Å². The van der Waals surface area contributed by atoms with Crippen molar-refractivity contribution in [2.24, 2.45) is 10.7 Å². The second-order valence-corrected chi connectivity index (χ2v) is 11.3. The minimum absolute atomic E-state index is 0.0762. The van der Waals surface area contributed by atoms with Crippen molar-refractivity contribution >= 4 is 33.7 Å². The SMILES string of the molecule is CN1CC=NC1c1cc(S(=O)(=O)c2ncc(C(=O)O)c(N)n2)ccc1Oc1c(F)cnc(Oc2cc(C(=N)N)ccc2O)c1F. The first-order chi connectivity index (χ1) is 21.3. The van der Waals surface area contributed by atoms with Crippen molar-refractivity contribution in [1.29, 1.82) is 5.41 Å². The number of rotatable bonds is 9. The molecule has 0 spiro atoms. The molecule has 1 aliphatic heterocycles. The maximum Gasteiger partial charge on any atom is 0.341 e. The van der Waals surface area contributed by atoms with Gasteiger partial charge in [-0.1, -0.05) is 0 Å². The number of nitrogens with two attached hydrogens (primary N) is 2. The third kappa shape index (κ3) is 5.91. The van der Waals surface area contributed by atoms with Crippen LogP contribution in [0.1, 0.15) is 27.7 Å². The fourth-order valence-corrected chi connectivity index (χ4v) is 5.30. The van der Waals surface area contributed by atoms with Gasteiger partial charge in [0, 0.05) is 30.1 Å². The average molecular weight is 641 g/mol. The number of halogens is 2. The Kier molecular flexibility index (Phi) is 8.01. The number of carboxylic acids is 1. The predicted octanol–water partition coefficient (Wildman–Crippen LogP) is 2.85. The molecule has 1 atom stereocenters. The number of nitrogen functional groups attached to an aromatic ring is 2. The van der Waals surface area contributed by atoms with Gasteiger partial charge in [0.05, 0.1) is 11.1 Å². The normalized spacial score (nSPS) is 14.8. The third-order valence-electron chi connectivity index (χ3n) is 6.46. The van der Waals surface area contributed by atoms with E-state index < -0.39 is 67.5 Å². The Hall–Kier alpha value is -5.75. The maximum atomic E-state index is 15.6. The van der Waals surface area contributed by atoms with Crippen molar-refractivity contribution in [2.45, 2.75) is 16.2 Å². The number of carbonyl (C=O) groups is 1. The van der Waals surface area contributed by atoms with E-state index in [0.29, 0.717) is 12.7 Å². The van der Waals surface area contributed by atoms with Crippen molar-refractivity contribution in [3.63, 3.8) is 0 Å². The minimum atomic E-state index is -4.48. The van der Waals surface area contributed by atoms with Crippen LogP contribution >= 0.6 is 0 Å². The molecule has 2 aromatic carbocycles. The summed E-state index contributed by atoms with van der Waals surface area (Å²) >= 11 is 0. The van der Waals surface area contributed by atoms with Crippen molar-refractivity contribution < 1.29 is 41.7 Å². The highest BCUT2D eigenvalue weighted by atomic mass is 32.2. The highest BCUT2D eigenvalue weighted by Crippen LogP contribution is 2.40. The standard InChI is InChI=1S/C27H22F2N8O7S/c1-37-7-6-33-24(37)14-9-13(45(41,42)27-35-10-15(26(39)40)23(32)36-27)3-5-18(14)43-21-16(28)11-34-25(20(21)29)44-19-8-12(22(30)31)2-4-17(19)38/h2-6,8-11,24,38H,7H2,1H3,(H3,30,31)(H,39,40)(H2,32,35,36). The van der Waals surface area contributed by atoms with Crippen molar-refractivity contribution in [2.75, 3.05) is 19.3 Å². The number of hydrogen-bond acceptors (Lipinski definition) is 13. The molecule has 0 saturated carbocycles. The van der Waals surface area contributed by atoms with Gasteiger partial charge in [0.25, 0.3) is 11.0 Å². The van der Waals surface area contributed by atoms with E-state index in [1.165, 1.54) is 6.07 Å². The lowest BCUT2D eigenvalue weighted by molar-refractivity contribution is 0.0697. The van der Waals surface area contributed by atoms with Gasteiger partial charge in [0.1, 0.15) is 29.1 Å². The number of hydrogen-bond donors (Lipinski definition) is 5. The molecule has 3 heterocycles. The number of aromatic carboxylic acids is 1. The van der Waals surface area contributed by atoms with E-state index in [4.69, 9.17) is 31.5 Å². The summed E-state index contributed by atoms with van der Waals surface area (Å²) in [6.07, 6.45) is 2.08. The van der Waals surface area contributed by atoms with E-state index in [1.54, 1.807) is 18.2 Å². The summed E-state index contributed by atoms with van der Waals surface area (Å²) in [5.74, 6) is -7.76. The number of ether oxygens (including phenoxy) is 2. The van der Waals surface area contributed by atoms with Crippen LogP contribution in [0.25, 0.3) is 0 Å². The molecule has 0 aliphatic carbocycles. The summed E-state index contributed by atoms with van der Waals surface area (Å²) in [5.41, 5.74) is 10.8. The molecule has 4 aromatic rings. The molecule has 0 fully saturated rings. The first kappa shape index (κ1) is 30.7. The third-order valence-corrected chi connectivity index (χ3v) is 8.01. The minimum Gasteiger partial charge on any atom is -0.504 e. The Morgan fingerprint density at radius 2 is 1.87 bits per heavy atom. The van der Waals surface area contributed by atoms with Gasteiger partial charge in [-0.05, 0) is 43.4 Å². The van der Waals surface area contributed by atoms with Gasteiger partial charge in [-0.2, -0.15) is 4.39 Å². The molecule has 15 nitrogen and oxygen atoms in total. The van der Waals surface area contributed by atoms with Gasteiger partial charge < -0.3 is 31.2 Å². The molecule has 0 amide bonds. The van der Waals surface area contributed by atoms with Crippen molar-refractivity contribution in [3.8, 4) is 28.9 Å². The van der Waals surface area contributed by atoms with Crippen LogP contribution in [0.3, 0.4) is 0 Å². The number of anilines is 1. The van der Waals surface area contributed by atoms with Crippen LogP contribution in [0.4, 0.5) is 14.6 Å². The zero-order valence-corrected chi connectivity index (χ0v) is 23.8. The Morgan fingerprint density at radius 1 is 1.11 bits per heavy atom. The average Bonchev–Trinajstić information content (AvgIpc) is 3.42. The summed E-state index contributed by atoms with van der Waals surface area (Å²) in [4.78, 5) is 27.7. The van der Waals surface area contributed by atoms with Crippen LogP contribution in [-0.2, 0) is 9.84 Å². The lowest BCUT2D eigenvalue weighted by Crippen LogP contribution is -2.20. The Labute approximate surface area is 252 Å². The molecule has 2 aromatic heterocycles. The van der Waals surface area contributed by atoms with Crippen LogP contribution in [0, 0.1) is 17.0 Å². The van der Waals surface area contributed by atoms with E-state index in [2.05, 4.69) is 19.9 Å². The van der Waals surface area contributed by atoms with Gasteiger partial charge in [0.2, 0.25) is 21.4 Å². The number of aromatic hydroxyl groups is 1. The second kappa shape index (κ2) is 11.7. The highest BCUT2D eigenvalue weighted by Gasteiger charge is 2.30. The molecule has 1 unspecified atom stereocenters. The van der Waals surface area contributed by atoms with Gasteiger partial charge in [-0.3, -0.25) is 15.3 Å². The molecule has 232 valence electrons. The topological polar surface area (TPSA) is 240 Å². The van der Waals surface area contributed by atoms with Gasteiger partial charge in [-0.15, -0.1) is 0 Å². The molecule has 7 N–H and O–H groups in total. The van der Waals surface area contributed by atoms with E-state index in [1.807, 2.05) is 0 Å². The molecular formula is C27H22F2N8O7S. The molecule has 45 heavy (non-hydrogen) atoms. The highest BCUT2D eigenvalue weighted by molar-refractivity contribution is 7.91. The summed E-state index contributed by atoms with van der Waals surface area (Å²) in [5, 5.41) is 26.1. The molecule has 0 bridgehead atoms. The number of phenols is 1. The van der Waals surface area contributed by atoms with Crippen LogP contribution in [0.15, 0.2) is 63.8 Å². The monoisotopic (exact) mass is 640 g/mol. The molecule has 0 saturated heterocycles. The van der Waals surface area contributed by atoms with Gasteiger partial charge >= 0.3 is 5.97 Å². The van der Waals surface area contributed by atoms with E-state index >= 15 is 4.39 Å². The van der Waals surface area contributed by atoms with Crippen LogP contribution in [-0.4, -0.2) is 70.1 Å². The number of pyridine rings is 1. The summed E-state index contributed by atoms with van der Waals surface area (Å²) in [7, 11) is -2.82. The van der Waals surface area contributed by atoms with E-state index in [9.17, 15) is 22.7 Å². The van der Waals surface area contributed by atoms with Gasteiger partial charge in [-0.25, -0.2) is 32.6 Å². The zero-order chi connectivity index (χ0) is 32.6. The van der Waals surface area contributed by atoms with Crippen molar-refractivity contribution in [3.05, 3.63) is 77.1 Å². The number of nitrogens with zero attached hydrogens (tertiary/aromatic N) is 5. The largest absolute Gasteiger partial charge is 0.504 e. The maximum absolute atomic E-state index is 15.6. The zero-order valence-electron chi connectivity index (χ0n) is 23.0. The van der Waals surface area contributed by atoms with Crippen molar-refractivity contribution in [1.82, 2.24) is 19.9 Å².